The Balaban J connectivity index is 1.91. The summed E-state index contributed by atoms with van der Waals surface area (Å²) in [5, 5.41) is 0. The quantitative estimate of drug-likeness (QED) is 0.310. The molecule has 0 saturated heterocycles. The van der Waals surface area contributed by atoms with E-state index < -0.39 is 20.2 Å². The van der Waals surface area contributed by atoms with Gasteiger partial charge < -0.3 is 18.9 Å². The van der Waals surface area contributed by atoms with E-state index in [9.17, 15) is 14.2 Å². The zero-order valence-electron chi connectivity index (χ0n) is 17.0. The average Bonchev–Trinajstić information content (AvgIpc) is 2.71. The van der Waals surface area contributed by atoms with Crippen molar-refractivity contribution in [2.45, 2.75) is 27.1 Å². The summed E-state index contributed by atoms with van der Waals surface area (Å²) in [6.07, 6.45) is 0. The minimum absolute atomic E-state index is 0.000621. The Morgan fingerprint density at radius 1 is 0.733 bits per heavy atom. The molecule has 0 aliphatic heterocycles. The second-order valence-electron chi connectivity index (χ2n) is 5.93. The number of hydrogen-bond acceptors (Lipinski definition) is 9. The molecule has 0 radical (unpaired) electrons. The summed E-state index contributed by atoms with van der Waals surface area (Å²) >= 11 is 0. The summed E-state index contributed by atoms with van der Waals surface area (Å²) in [5.41, 5.74) is 1.31. The highest BCUT2D eigenvalue weighted by atomic mass is 31.1. The molecule has 0 spiro atoms. The molecule has 0 bridgehead atoms. The Hall–Kier alpha value is -3.00. The molecule has 0 aliphatic carbocycles. The molecule has 10 heteroatoms. The average molecular weight is 437 g/mol. The van der Waals surface area contributed by atoms with Gasteiger partial charge in [-0.25, -0.2) is 0 Å². The molecule has 160 valence electrons. The maximum atomic E-state index is 12.0. The molecule has 0 atom stereocenters. The van der Waals surface area contributed by atoms with Crippen LogP contribution in [0.25, 0.3) is 0 Å². The zero-order valence-corrected chi connectivity index (χ0v) is 17.9. The van der Waals surface area contributed by atoms with Gasteiger partial charge in [-0.3, -0.25) is 9.59 Å². The first-order valence-corrected chi connectivity index (χ1v) is 9.85. The molecule has 0 amide bonds. The third-order valence-electron chi connectivity index (χ3n) is 3.64. The number of carbonyl (C=O) groups is 2. The highest BCUT2D eigenvalue weighted by Crippen LogP contribution is 2.33. The summed E-state index contributed by atoms with van der Waals surface area (Å²) in [5.74, 6) is 0.323. The van der Waals surface area contributed by atoms with Crippen molar-refractivity contribution in [3.05, 3.63) is 47.5 Å². The highest BCUT2D eigenvalue weighted by Gasteiger charge is 2.22. The van der Waals surface area contributed by atoms with E-state index in [4.69, 9.17) is 28.0 Å². The van der Waals surface area contributed by atoms with E-state index in [2.05, 4.69) is 0 Å². The first-order chi connectivity index (χ1) is 14.3. The van der Waals surface area contributed by atoms with Crippen LogP contribution in [0.15, 0.2) is 36.4 Å². The topological polar surface area (TPSA) is 107 Å². The van der Waals surface area contributed by atoms with E-state index in [0.29, 0.717) is 22.6 Å². The van der Waals surface area contributed by atoms with E-state index >= 15 is 0 Å². The highest BCUT2D eigenvalue weighted by molar-refractivity contribution is 7.33. The van der Waals surface area contributed by atoms with Crippen LogP contribution in [-0.2, 0) is 36.4 Å². The van der Waals surface area contributed by atoms with Gasteiger partial charge in [0.2, 0.25) is 0 Å². The first kappa shape index (κ1) is 23.3. The van der Waals surface area contributed by atoms with Gasteiger partial charge in [-0.1, -0.05) is 12.1 Å². The van der Waals surface area contributed by atoms with Gasteiger partial charge in [-0.15, -0.1) is 9.05 Å². The Bertz CT molecular complexity index is 853. The Morgan fingerprint density at radius 2 is 1.13 bits per heavy atom. The van der Waals surface area contributed by atoms with Crippen molar-refractivity contribution in [1.82, 2.24) is 0 Å². The first-order valence-electron chi connectivity index (χ1n) is 8.76. The standard InChI is InChI=1S/C20H22O9P/c1-13(21)28-17-7-5-15(9-19(17)24-3)11-26-30(23)27-12-16-6-8-18(29-14(2)22)20(10-16)25-4/h5-10H,11-12H2,1-4H3/q+1. The molecule has 0 aliphatic rings. The van der Waals surface area contributed by atoms with Crippen molar-refractivity contribution in [3.8, 4) is 23.0 Å². The molecule has 0 heterocycles. The van der Waals surface area contributed by atoms with E-state index in [1.807, 2.05) is 0 Å². The van der Waals surface area contributed by atoms with Crippen molar-refractivity contribution >= 4 is 20.2 Å². The molecular formula is C20H22O9P+. The molecule has 0 saturated carbocycles. The van der Waals surface area contributed by atoms with Crippen LogP contribution in [0.2, 0.25) is 0 Å². The van der Waals surface area contributed by atoms with Crippen molar-refractivity contribution in [1.29, 1.82) is 0 Å². The molecular weight excluding hydrogens is 415 g/mol. The summed E-state index contributed by atoms with van der Waals surface area (Å²) in [4.78, 5) is 22.2. The minimum atomic E-state index is -2.40. The normalized spacial score (nSPS) is 10.3. The van der Waals surface area contributed by atoms with E-state index in [0.717, 1.165) is 0 Å². The Morgan fingerprint density at radius 3 is 1.47 bits per heavy atom. The summed E-state index contributed by atoms with van der Waals surface area (Å²) in [6, 6.07) is 9.65. The lowest BCUT2D eigenvalue weighted by Crippen LogP contribution is -2.03. The molecule has 0 fully saturated rings. The molecule has 2 aromatic carbocycles. The molecule has 0 N–H and O–H groups in total. The van der Waals surface area contributed by atoms with Gasteiger partial charge in [0.15, 0.2) is 23.0 Å². The third kappa shape index (κ3) is 7.11. The zero-order chi connectivity index (χ0) is 22.1. The molecule has 9 nitrogen and oxygen atoms in total. The Kier molecular flexibility index (Phi) is 8.73. The van der Waals surface area contributed by atoms with E-state index in [-0.39, 0.29) is 24.7 Å². The third-order valence-corrected chi connectivity index (χ3v) is 4.32. The van der Waals surface area contributed by atoms with Crippen LogP contribution in [0.3, 0.4) is 0 Å². The van der Waals surface area contributed by atoms with Gasteiger partial charge in [-0.2, -0.15) is 0 Å². The van der Waals surface area contributed by atoms with Gasteiger partial charge >= 0.3 is 20.2 Å². The smallest absolute Gasteiger partial charge is 0.493 e. The second kappa shape index (κ2) is 11.3. The van der Waals surface area contributed by atoms with Gasteiger partial charge in [0.05, 0.1) is 14.2 Å². The van der Waals surface area contributed by atoms with Gasteiger partial charge in [0.1, 0.15) is 13.2 Å². The van der Waals surface area contributed by atoms with E-state index in [1.165, 1.54) is 28.1 Å². The lowest BCUT2D eigenvalue weighted by molar-refractivity contribution is -0.132. The molecule has 2 rings (SSSR count). The lowest BCUT2D eigenvalue weighted by Gasteiger charge is -2.09. The van der Waals surface area contributed by atoms with Crippen molar-refractivity contribution in [2.24, 2.45) is 0 Å². The maximum Gasteiger partial charge on any atom is 0.698 e. The minimum Gasteiger partial charge on any atom is -0.493 e. The molecule has 0 aromatic heterocycles. The van der Waals surface area contributed by atoms with Crippen LogP contribution < -0.4 is 18.9 Å². The van der Waals surface area contributed by atoms with Crippen molar-refractivity contribution < 1.29 is 42.1 Å². The second-order valence-corrected chi connectivity index (χ2v) is 6.89. The van der Waals surface area contributed by atoms with Crippen LogP contribution in [0, 0.1) is 0 Å². The molecule has 30 heavy (non-hydrogen) atoms. The van der Waals surface area contributed by atoms with Crippen LogP contribution in [-0.4, -0.2) is 26.2 Å². The SMILES string of the molecule is COc1cc(CO[P+](=O)OCc2ccc(OC(C)=O)c(OC)c2)ccc1OC(C)=O. The number of rotatable bonds is 10. The molecule has 0 unspecified atom stereocenters. The monoisotopic (exact) mass is 437 g/mol. The van der Waals surface area contributed by atoms with Crippen LogP contribution in [0.5, 0.6) is 23.0 Å². The van der Waals surface area contributed by atoms with Crippen LogP contribution >= 0.6 is 8.25 Å². The lowest BCUT2D eigenvalue weighted by atomic mass is 10.2. The van der Waals surface area contributed by atoms with Crippen LogP contribution in [0.4, 0.5) is 0 Å². The fourth-order valence-electron chi connectivity index (χ4n) is 2.37. The Labute approximate surface area is 174 Å². The van der Waals surface area contributed by atoms with Gasteiger partial charge in [0, 0.05) is 18.4 Å². The predicted octanol–water partition coefficient (Wildman–Crippen LogP) is 3.95. The predicted molar refractivity (Wildman–Crippen MR) is 106 cm³/mol. The van der Waals surface area contributed by atoms with Crippen molar-refractivity contribution in [3.63, 3.8) is 0 Å². The number of esters is 2. The van der Waals surface area contributed by atoms with Crippen molar-refractivity contribution in [2.75, 3.05) is 14.2 Å². The van der Waals surface area contributed by atoms with E-state index in [1.54, 1.807) is 36.4 Å². The fourth-order valence-corrected chi connectivity index (χ4v) is 2.96. The van der Waals surface area contributed by atoms with Gasteiger partial charge in [0.25, 0.3) is 0 Å². The number of benzene rings is 2. The number of carbonyl (C=O) groups excluding carboxylic acids is 2. The number of hydrogen-bond donors (Lipinski definition) is 0. The summed E-state index contributed by atoms with van der Waals surface area (Å²) in [7, 11) is 0.483. The summed E-state index contributed by atoms with van der Waals surface area (Å²) in [6.45, 7) is 2.58. The maximum absolute atomic E-state index is 12.0. The van der Waals surface area contributed by atoms with Gasteiger partial charge in [-0.05, 0) is 35.4 Å². The number of methoxy groups -OCH3 is 2. The molecule has 2 aromatic rings. The fraction of sp³-hybridized carbons (Fsp3) is 0.300. The number of ether oxygens (including phenoxy) is 4. The largest absolute Gasteiger partial charge is 0.698 e. The van der Waals surface area contributed by atoms with Crippen LogP contribution in [0.1, 0.15) is 25.0 Å². The summed E-state index contributed by atoms with van der Waals surface area (Å²) < 4.78 is 42.9.